The normalized spacial score (nSPS) is 30.7. The van der Waals surface area contributed by atoms with Crippen LogP contribution in [0.3, 0.4) is 0 Å². The second kappa shape index (κ2) is 11.9. The summed E-state index contributed by atoms with van der Waals surface area (Å²) in [4.78, 5) is 0. The highest BCUT2D eigenvalue weighted by molar-refractivity contribution is 8.18. The van der Waals surface area contributed by atoms with Gasteiger partial charge in [-0.1, -0.05) is 23.4 Å². The van der Waals surface area contributed by atoms with Crippen molar-refractivity contribution in [3.05, 3.63) is 71.2 Å². The minimum absolute atomic E-state index is 0.0168. The molecule has 4 N–H and O–H groups in total. The Morgan fingerprint density at radius 3 is 2.39 bits per heavy atom. The molecule has 0 aliphatic carbocycles. The maximum Gasteiger partial charge on any atom is 0.416 e. The first-order chi connectivity index (χ1) is 20.6. The van der Waals surface area contributed by atoms with Crippen LogP contribution in [0.4, 0.5) is 26.3 Å². The van der Waals surface area contributed by atoms with Crippen molar-refractivity contribution in [2.75, 3.05) is 19.0 Å². The second-order valence-electron chi connectivity index (χ2n) is 12.0. The molecule has 2 aliphatic heterocycles. The first kappa shape index (κ1) is 32.7. The molecule has 2 fully saturated rings. The Kier molecular flexibility index (Phi) is 8.85. The van der Waals surface area contributed by atoms with E-state index in [-0.39, 0.29) is 42.0 Å². The van der Waals surface area contributed by atoms with Crippen LogP contribution in [0.15, 0.2) is 42.6 Å². The molecule has 0 bridgehead atoms. The summed E-state index contributed by atoms with van der Waals surface area (Å²) in [6, 6.07) is 5.00. The number of nitrogens with zero attached hydrogens (tertiary/aromatic N) is 3. The third-order valence-corrected chi connectivity index (χ3v) is 11.9. The molecule has 7 atom stereocenters. The standard InChI is InChI=1S/C29H33F6N3O5S/c1-27(2)14-28(42,7-8-43-27)26(16-5-3-4-6-17(16)29(33,34)35)44-13-21(40)24(25(41)22(44)12-39)38-11-20(36-37-38)15-9-18(30)23(32)19(31)10-15/h3-6,9-11,21-22,24-26,39-42,44H,7-8,12-14H2,1-2H3/t21-,22+,24-,25-,26+,28-/m0/s1. The minimum atomic E-state index is -4.78. The lowest BCUT2D eigenvalue weighted by atomic mass is 9.79. The number of thiol groups is 1. The number of aliphatic hydroxyl groups excluding tert-OH is 3. The van der Waals surface area contributed by atoms with Gasteiger partial charge in [-0.3, -0.25) is 0 Å². The number of alkyl halides is 3. The van der Waals surface area contributed by atoms with Crippen LogP contribution in [0.2, 0.25) is 0 Å². The van der Waals surface area contributed by atoms with Crippen molar-refractivity contribution in [1.29, 1.82) is 0 Å². The van der Waals surface area contributed by atoms with E-state index in [9.17, 15) is 46.8 Å². The van der Waals surface area contributed by atoms with Crippen molar-refractivity contribution in [1.82, 2.24) is 15.0 Å². The lowest BCUT2D eigenvalue weighted by molar-refractivity contribution is -0.148. The van der Waals surface area contributed by atoms with E-state index in [2.05, 4.69) is 10.3 Å². The molecule has 2 aliphatic rings. The molecular weight excluding hydrogens is 616 g/mol. The van der Waals surface area contributed by atoms with E-state index in [1.807, 2.05) is 0 Å². The Bertz CT molecular complexity index is 1480. The van der Waals surface area contributed by atoms with Gasteiger partial charge in [0.1, 0.15) is 11.7 Å². The molecule has 0 radical (unpaired) electrons. The van der Waals surface area contributed by atoms with E-state index in [4.69, 9.17) is 4.74 Å². The maximum atomic E-state index is 14.3. The number of ether oxygens (including phenoxy) is 1. The highest BCUT2D eigenvalue weighted by Gasteiger charge is 2.54. The van der Waals surface area contributed by atoms with Gasteiger partial charge in [-0.15, -0.1) is 5.10 Å². The number of benzene rings is 2. The number of hydrogen-bond acceptors (Lipinski definition) is 7. The molecule has 15 heteroatoms. The van der Waals surface area contributed by atoms with E-state index in [0.29, 0.717) is 12.1 Å². The number of halogens is 6. The molecule has 1 unspecified atom stereocenters. The second-order valence-corrected chi connectivity index (χ2v) is 14.5. The fourth-order valence-corrected chi connectivity index (χ4v) is 10.3. The van der Waals surface area contributed by atoms with Crippen LogP contribution in [0.5, 0.6) is 0 Å². The number of aliphatic hydroxyl groups is 4. The zero-order chi connectivity index (χ0) is 32.2. The molecule has 2 saturated heterocycles. The van der Waals surface area contributed by atoms with Gasteiger partial charge in [0.2, 0.25) is 0 Å². The van der Waals surface area contributed by atoms with Gasteiger partial charge in [0, 0.05) is 34.7 Å². The van der Waals surface area contributed by atoms with E-state index < -0.39 is 86.6 Å². The summed E-state index contributed by atoms with van der Waals surface area (Å²) in [6.45, 7) is 2.79. The quantitative estimate of drug-likeness (QED) is 0.155. The predicted molar refractivity (Wildman–Crippen MR) is 150 cm³/mol. The van der Waals surface area contributed by atoms with Gasteiger partial charge in [0.25, 0.3) is 0 Å². The van der Waals surface area contributed by atoms with Gasteiger partial charge in [-0.2, -0.15) is 13.2 Å². The highest BCUT2D eigenvalue weighted by Crippen LogP contribution is 2.61. The Labute approximate surface area is 251 Å². The molecule has 2 aromatic carbocycles. The predicted octanol–water partition coefficient (Wildman–Crippen LogP) is 4.08. The summed E-state index contributed by atoms with van der Waals surface area (Å²) >= 11 is 0. The summed E-state index contributed by atoms with van der Waals surface area (Å²) in [5.74, 6) is -4.79. The van der Waals surface area contributed by atoms with Gasteiger partial charge >= 0.3 is 6.18 Å². The van der Waals surface area contributed by atoms with Crippen LogP contribution in [-0.4, -0.2) is 83.0 Å². The van der Waals surface area contributed by atoms with Crippen LogP contribution >= 0.6 is 10.9 Å². The molecule has 5 rings (SSSR count). The van der Waals surface area contributed by atoms with Gasteiger partial charge in [0.15, 0.2) is 17.5 Å². The first-order valence-corrected chi connectivity index (χ1v) is 15.5. The molecule has 44 heavy (non-hydrogen) atoms. The van der Waals surface area contributed by atoms with Crippen LogP contribution in [-0.2, 0) is 10.9 Å². The number of hydrogen-bond donors (Lipinski definition) is 5. The molecule has 0 amide bonds. The molecule has 1 aromatic heterocycles. The van der Waals surface area contributed by atoms with E-state index in [1.54, 1.807) is 13.8 Å². The molecule has 3 heterocycles. The molecule has 0 saturated carbocycles. The zero-order valence-electron chi connectivity index (χ0n) is 23.7. The van der Waals surface area contributed by atoms with Crippen molar-refractivity contribution < 1.29 is 51.5 Å². The monoisotopic (exact) mass is 649 g/mol. The van der Waals surface area contributed by atoms with Crippen LogP contribution < -0.4 is 0 Å². The van der Waals surface area contributed by atoms with Crippen molar-refractivity contribution in [3.8, 4) is 11.3 Å². The third kappa shape index (κ3) is 6.09. The van der Waals surface area contributed by atoms with Crippen LogP contribution in [0.1, 0.15) is 49.1 Å². The number of aromatic nitrogens is 3. The number of rotatable bonds is 6. The molecular formula is C29H33F6N3O5S. The summed E-state index contributed by atoms with van der Waals surface area (Å²) in [6.07, 6.45) is -6.68. The van der Waals surface area contributed by atoms with Crippen molar-refractivity contribution in [2.45, 2.75) is 72.8 Å². The molecule has 0 spiro atoms. The summed E-state index contributed by atoms with van der Waals surface area (Å²) in [5, 5.41) is 51.0. The van der Waals surface area contributed by atoms with E-state index >= 15 is 0 Å². The fourth-order valence-electron chi connectivity index (χ4n) is 6.60. The lowest BCUT2D eigenvalue weighted by Crippen LogP contribution is -2.55. The fraction of sp³-hybridized carbons (Fsp3) is 0.517. The Balaban J connectivity index is 1.55. The van der Waals surface area contributed by atoms with Gasteiger partial charge < -0.3 is 25.2 Å². The zero-order valence-corrected chi connectivity index (χ0v) is 24.6. The summed E-state index contributed by atoms with van der Waals surface area (Å²) in [5.41, 5.74) is -4.08. The Morgan fingerprint density at radius 1 is 1.11 bits per heavy atom. The molecule has 242 valence electrons. The van der Waals surface area contributed by atoms with Gasteiger partial charge in [-0.05, 0) is 37.6 Å². The van der Waals surface area contributed by atoms with Gasteiger partial charge in [-0.25, -0.2) is 28.7 Å². The molecule has 3 aromatic rings. The average Bonchev–Trinajstić information content (AvgIpc) is 3.40. The maximum absolute atomic E-state index is 14.3. The summed E-state index contributed by atoms with van der Waals surface area (Å²) < 4.78 is 90.9. The minimum Gasteiger partial charge on any atom is -0.395 e. The van der Waals surface area contributed by atoms with Crippen molar-refractivity contribution >= 4 is 10.9 Å². The average molecular weight is 650 g/mol. The lowest BCUT2D eigenvalue weighted by Gasteiger charge is -2.54. The van der Waals surface area contributed by atoms with E-state index in [1.165, 1.54) is 24.4 Å². The van der Waals surface area contributed by atoms with Crippen LogP contribution in [0, 0.1) is 17.5 Å². The smallest absolute Gasteiger partial charge is 0.395 e. The van der Waals surface area contributed by atoms with Gasteiger partial charge in [0.05, 0.1) is 48.4 Å². The topological polar surface area (TPSA) is 121 Å². The van der Waals surface area contributed by atoms with Crippen molar-refractivity contribution in [3.63, 3.8) is 0 Å². The van der Waals surface area contributed by atoms with E-state index in [0.717, 1.165) is 10.7 Å². The summed E-state index contributed by atoms with van der Waals surface area (Å²) in [7, 11) is -1.95. The third-order valence-electron chi connectivity index (χ3n) is 8.41. The largest absolute Gasteiger partial charge is 0.416 e. The Hall–Kier alpha value is -2.69. The Morgan fingerprint density at radius 2 is 1.77 bits per heavy atom. The SMILES string of the molecule is CC1(C)C[C@](O)([C@@H](c2ccccc2C(F)(F)F)[SH]2C[C@H](O)[C@H](n3cc(-c4cc(F)c(F)c(F)c4)nn3)[C@@H](O)[C@H]2CO)CCO1. The highest BCUT2D eigenvalue weighted by atomic mass is 32.2. The molecule has 8 nitrogen and oxygen atoms in total. The van der Waals surface area contributed by atoms with Crippen LogP contribution in [0.25, 0.3) is 11.3 Å². The first-order valence-electron chi connectivity index (χ1n) is 13.9. The van der Waals surface area contributed by atoms with Crippen molar-refractivity contribution in [2.24, 2.45) is 0 Å².